The highest BCUT2D eigenvalue weighted by Gasteiger charge is 2.51. The van der Waals surface area contributed by atoms with Crippen molar-refractivity contribution in [2.75, 3.05) is 6.54 Å². The molecule has 0 bridgehead atoms. The third-order valence-corrected chi connectivity index (χ3v) is 4.61. The van der Waals surface area contributed by atoms with Crippen molar-refractivity contribution in [3.8, 4) is 0 Å². The monoisotopic (exact) mass is 249 g/mol. The number of carbonyl (C=O) groups is 1. The summed E-state index contributed by atoms with van der Waals surface area (Å²) in [6.45, 7) is 0.778. The van der Waals surface area contributed by atoms with Crippen LogP contribution in [0.25, 0.3) is 0 Å². The molecule has 1 atom stereocenters. The lowest BCUT2D eigenvalue weighted by atomic mass is 9.73. The van der Waals surface area contributed by atoms with Gasteiger partial charge in [0.25, 0.3) is 0 Å². The first kappa shape index (κ1) is 11.1. The Balaban J connectivity index is 1.97. The van der Waals surface area contributed by atoms with Crippen molar-refractivity contribution in [2.24, 2.45) is 5.41 Å². The van der Waals surface area contributed by atoms with E-state index in [1.54, 1.807) is 0 Å². The van der Waals surface area contributed by atoms with Crippen LogP contribution < -0.4 is 5.32 Å². The van der Waals surface area contributed by atoms with Crippen LogP contribution >= 0.6 is 11.6 Å². The third-order valence-electron chi connectivity index (χ3n) is 4.35. The van der Waals surface area contributed by atoms with Crippen LogP contribution in [-0.4, -0.2) is 12.5 Å². The van der Waals surface area contributed by atoms with Gasteiger partial charge in [0.2, 0.25) is 5.91 Å². The van der Waals surface area contributed by atoms with E-state index in [1.807, 2.05) is 12.1 Å². The fraction of sp³-hybridized carbons (Fsp3) is 0.500. The molecule has 1 N–H and O–H groups in total. The Hall–Kier alpha value is -1.02. The lowest BCUT2D eigenvalue weighted by Crippen LogP contribution is -2.31. The van der Waals surface area contributed by atoms with Gasteiger partial charge in [-0.05, 0) is 30.5 Å². The highest BCUT2D eigenvalue weighted by Crippen LogP contribution is 2.51. The Morgan fingerprint density at radius 1 is 1.18 bits per heavy atom. The van der Waals surface area contributed by atoms with Crippen molar-refractivity contribution in [1.29, 1.82) is 0 Å². The molecule has 2 aliphatic rings. The van der Waals surface area contributed by atoms with Crippen LogP contribution in [0.5, 0.6) is 0 Å². The van der Waals surface area contributed by atoms with Crippen LogP contribution in [0.2, 0.25) is 5.02 Å². The molecule has 17 heavy (non-hydrogen) atoms. The molecule has 0 unspecified atom stereocenters. The standard InChI is InChI=1S/C14H16ClNO/c15-11-5-3-10(4-6-11)12-9-16-13(17)14(12)7-1-2-8-14/h3-6,12H,1-2,7-9H2,(H,16,17)/t12-/m0/s1. The molecule has 90 valence electrons. The predicted octanol–water partition coefficient (Wildman–Crippen LogP) is 3.11. The average Bonchev–Trinajstić information content (AvgIpc) is 2.92. The molecule has 1 aliphatic carbocycles. The Morgan fingerprint density at radius 3 is 2.47 bits per heavy atom. The van der Waals surface area contributed by atoms with Crippen molar-refractivity contribution in [3.63, 3.8) is 0 Å². The van der Waals surface area contributed by atoms with Crippen LogP contribution in [0.1, 0.15) is 37.2 Å². The quantitative estimate of drug-likeness (QED) is 0.814. The molecule has 1 saturated carbocycles. The van der Waals surface area contributed by atoms with Gasteiger partial charge in [-0.25, -0.2) is 0 Å². The minimum Gasteiger partial charge on any atom is -0.355 e. The largest absolute Gasteiger partial charge is 0.355 e. The Kier molecular flexibility index (Phi) is 2.62. The van der Waals surface area contributed by atoms with Gasteiger partial charge in [-0.15, -0.1) is 0 Å². The molecule has 0 aromatic heterocycles. The van der Waals surface area contributed by atoms with E-state index < -0.39 is 0 Å². The highest BCUT2D eigenvalue weighted by atomic mass is 35.5. The average molecular weight is 250 g/mol. The van der Waals surface area contributed by atoms with Gasteiger partial charge in [0.1, 0.15) is 0 Å². The summed E-state index contributed by atoms with van der Waals surface area (Å²) in [4.78, 5) is 12.1. The van der Waals surface area contributed by atoms with Crippen molar-refractivity contribution in [2.45, 2.75) is 31.6 Å². The second-order valence-electron chi connectivity index (χ2n) is 5.18. The van der Waals surface area contributed by atoms with E-state index >= 15 is 0 Å². The van der Waals surface area contributed by atoms with Gasteiger partial charge in [0.15, 0.2) is 0 Å². The van der Waals surface area contributed by atoms with Gasteiger partial charge in [0, 0.05) is 17.5 Å². The van der Waals surface area contributed by atoms with E-state index in [2.05, 4.69) is 17.4 Å². The molecule has 1 amide bonds. The van der Waals surface area contributed by atoms with Gasteiger partial charge in [-0.1, -0.05) is 36.6 Å². The molecule has 1 saturated heterocycles. The summed E-state index contributed by atoms with van der Waals surface area (Å²) in [6, 6.07) is 7.96. The lowest BCUT2D eigenvalue weighted by molar-refractivity contribution is -0.127. The van der Waals surface area contributed by atoms with Crippen LogP contribution in [0.15, 0.2) is 24.3 Å². The number of carbonyl (C=O) groups excluding carboxylic acids is 1. The first-order chi connectivity index (χ1) is 8.22. The molecular formula is C14H16ClNO. The molecule has 1 aliphatic heterocycles. The topological polar surface area (TPSA) is 29.1 Å². The van der Waals surface area contributed by atoms with Gasteiger partial charge in [-0.2, -0.15) is 0 Å². The van der Waals surface area contributed by atoms with E-state index in [1.165, 1.54) is 18.4 Å². The predicted molar refractivity (Wildman–Crippen MR) is 68.1 cm³/mol. The Morgan fingerprint density at radius 2 is 1.82 bits per heavy atom. The molecular weight excluding hydrogens is 234 g/mol. The summed E-state index contributed by atoms with van der Waals surface area (Å²) in [5, 5.41) is 3.80. The number of hydrogen-bond acceptors (Lipinski definition) is 1. The summed E-state index contributed by atoms with van der Waals surface area (Å²) >= 11 is 5.92. The zero-order chi connectivity index (χ0) is 11.9. The second kappa shape index (κ2) is 4.02. The zero-order valence-electron chi connectivity index (χ0n) is 9.71. The van der Waals surface area contributed by atoms with Crippen molar-refractivity contribution in [1.82, 2.24) is 5.32 Å². The fourth-order valence-electron chi connectivity index (χ4n) is 3.44. The number of benzene rings is 1. The number of hydrogen-bond donors (Lipinski definition) is 1. The number of halogens is 1. The smallest absolute Gasteiger partial charge is 0.226 e. The first-order valence-corrected chi connectivity index (χ1v) is 6.64. The summed E-state index contributed by atoms with van der Waals surface area (Å²) < 4.78 is 0. The zero-order valence-corrected chi connectivity index (χ0v) is 10.5. The molecule has 1 aromatic carbocycles. The molecule has 1 spiro atoms. The number of amides is 1. The fourth-order valence-corrected chi connectivity index (χ4v) is 3.56. The van der Waals surface area contributed by atoms with Crippen molar-refractivity contribution >= 4 is 17.5 Å². The van der Waals surface area contributed by atoms with E-state index in [9.17, 15) is 4.79 Å². The van der Waals surface area contributed by atoms with E-state index in [0.29, 0.717) is 5.92 Å². The van der Waals surface area contributed by atoms with Crippen molar-refractivity contribution in [3.05, 3.63) is 34.9 Å². The summed E-state index contributed by atoms with van der Waals surface area (Å²) in [6.07, 6.45) is 4.42. The SMILES string of the molecule is O=C1NC[C@@H](c2ccc(Cl)cc2)C12CCCC2. The molecule has 1 aromatic rings. The van der Waals surface area contributed by atoms with Crippen LogP contribution in [0, 0.1) is 5.41 Å². The van der Waals surface area contributed by atoms with Crippen LogP contribution in [0.3, 0.4) is 0 Å². The van der Waals surface area contributed by atoms with E-state index in [4.69, 9.17) is 11.6 Å². The van der Waals surface area contributed by atoms with Crippen LogP contribution in [0.4, 0.5) is 0 Å². The van der Waals surface area contributed by atoms with Gasteiger partial charge >= 0.3 is 0 Å². The summed E-state index contributed by atoms with van der Waals surface area (Å²) in [5.41, 5.74) is 1.11. The third kappa shape index (κ3) is 1.66. The maximum atomic E-state index is 12.1. The molecule has 1 heterocycles. The molecule has 2 nitrogen and oxygen atoms in total. The van der Waals surface area contributed by atoms with E-state index in [0.717, 1.165) is 24.4 Å². The van der Waals surface area contributed by atoms with Crippen LogP contribution in [-0.2, 0) is 4.79 Å². The second-order valence-corrected chi connectivity index (χ2v) is 5.61. The summed E-state index contributed by atoms with van der Waals surface area (Å²) in [7, 11) is 0. The minimum atomic E-state index is -0.131. The Bertz CT molecular complexity index is 434. The normalized spacial score (nSPS) is 26.4. The maximum absolute atomic E-state index is 12.1. The molecule has 2 fully saturated rings. The lowest BCUT2D eigenvalue weighted by Gasteiger charge is -2.27. The molecule has 3 rings (SSSR count). The van der Waals surface area contributed by atoms with Crippen molar-refractivity contribution < 1.29 is 4.79 Å². The summed E-state index contributed by atoms with van der Waals surface area (Å²) in [5.74, 6) is 0.588. The Labute approximate surface area is 106 Å². The molecule has 0 radical (unpaired) electrons. The van der Waals surface area contributed by atoms with Gasteiger partial charge in [-0.3, -0.25) is 4.79 Å². The molecule has 3 heteroatoms. The number of nitrogens with one attached hydrogen (secondary N) is 1. The van der Waals surface area contributed by atoms with Gasteiger partial charge in [0.05, 0.1) is 5.41 Å². The highest BCUT2D eigenvalue weighted by molar-refractivity contribution is 6.30. The maximum Gasteiger partial charge on any atom is 0.226 e. The number of rotatable bonds is 1. The minimum absolute atomic E-state index is 0.131. The first-order valence-electron chi connectivity index (χ1n) is 6.26. The van der Waals surface area contributed by atoms with Gasteiger partial charge < -0.3 is 5.32 Å². The van der Waals surface area contributed by atoms with E-state index in [-0.39, 0.29) is 11.3 Å².